The van der Waals surface area contributed by atoms with Crippen LogP contribution in [0.1, 0.15) is 5.56 Å². The van der Waals surface area contributed by atoms with E-state index >= 15 is 0 Å². The van der Waals surface area contributed by atoms with Crippen LogP contribution in [0.15, 0.2) is 83.8 Å². The Hall–Kier alpha value is -3.82. The first-order chi connectivity index (χ1) is 17.0. The number of aryl methyl sites for hydroxylation is 1. The monoisotopic (exact) mass is 484 g/mol. The Morgan fingerprint density at radius 1 is 0.771 bits per heavy atom. The van der Waals surface area contributed by atoms with E-state index in [4.69, 9.17) is 4.98 Å². The van der Waals surface area contributed by atoms with Gasteiger partial charge in [0.2, 0.25) is 16.0 Å². The second kappa shape index (κ2) is 8.44. The molecule has 35 heavy (non-hydrogen) atoms. The molecule has 0 aliphatic carbocycles. The van der Waals surface area contributed by atoms with Crippen LogP contribution in [0.3, 0.4) is 0 Å². The third-order valence-electron chi connectivity index (χ3n) is 6.52. The van der Waals surface area contributed by atoms with Gasteiger partial charge in [-0.1, -0.05) is 54.6 Å². The molecule has 0 saturated carbocycles. The number of nitrogens with zero attached hydrogens (tertiary/aromatic N) is 6. The van der Waals surface area contributed by atoms with Gasteiger partial charge in [0.15, 0.2) is 11.5 Å². The quantitative estimate of drug-likeness (QED) is 0.386. The molecule has 176 valence electrons. The van der Waals surface area contributed by atoms with Crippen LogP contribution in [-0.2, 0) is 10.0 Å². The Balaban J connectivity index is 1.42. The van der Waals surface area contributed by atoms with Crippen LogP contribution < -0.4 is 4.90 Å². The number of benzene rings is 3. The van der Waals surface area contributed by atoms with Crippen LogP contribution in [0.25, 0.3) is 27.9 Å². The lowest BCUT2D eigenvalue weighted by Gasteiger charge is -2.35. The number of hydrogen-bond donors (Lipinski definition) is 0. The maximum absolute atomic E-state index is 13.1. The number of aromatic nitrogens is 4. The molecule has 0 bridgehead atoms. The molecule has 1 saturated heterocycles. The lowest BCUT2D eigenvalue weighted by atomic mass is 10.1. The number of rotatable bonds is 4. The largest absolute Gasteiger partial charge is 0.339 e. The zero-order chi connectivity index (χ0) is 24.0. The maximum Gasteiger partial charge on any atom is 0.243 e. The molecule has 8 nitrogen and oxygen atoms in total. The normalized spacial score (nSPS) is 15.2. The molecule has 3 heterocycles. The molecule has 1 aliphatic rings. The Kier molecular flexibility index (Phi) is 5.23. The number of anilines is 1. The minimum Gasteiger partial charge on any atom is -0.339 e. The summed E-state index contributed by atoms with van der Waals surface area (Å²) in [5.74, 6) is 1.45. The zero-order valence-corrected chi connectivity index (χ0v) is 20.1. The van der Waals surface area contributed by atoms with Crippen molar-refractivity contribution in [3.05, 3.63) is 84.4 Å². The van der Waals surface area contributed by atoms with Crippen LogP contribution >= 0.6 is 0 Å². The van der Waals surface area contributed by atoms with Crippen LogP contribution in [0, 0.1) is 6.92 Å². The summed E-state index contributed by atoms with van der Waals surface area (Å²) in [6.45, 7) is 3.82. The van der Waals surface area contributed by atoms with Gasteiger partial charge in [0.1, 0.15) is 0 Å². The highest BCUT2D eigenvalue weighted by Gasteiger charge is 2.30. The average Bonchev–Trinajstić information content (AvgIpc) is 3.34. The summed E-state index contributed by atoms with van der Waals surface area (Å²) in [6, 6.07) is 24.6. The molecule has 6 rings (SSSR count). The fourth-order valence-electron chi connectivity index (χ4n) is 4.65. The second-order valence-electron chi connectivity index (χ2n) is 8.63. The second-order valence-corrected chi connectivity index (χ2v) is 10.6. The van der Waals surface area contributed by atoms with Crippen molar-refractivity contribution in [3.63, 3.8) is 0 Å². The molecule has 0 spiro atoms. The van der Waals surface area contributed by atoms with Crippen molar-refractivity contribution in [2.24, 2.45) is 0 Å². The molecule has 0 amide bonds. The molecule has 0 atom stereocenters. The summed E-state index contributed by atoms with van der Waals surface area (Å²) >= 11 is 0. The molecule has 5 aromatic rings. The maximum atomic E-state index is 13.1. The van der Waals surface area contributed by atoms with Crippen molar-refractivity contribution in [3.8, 4) is 11.4 Å². The molecule has 2 aromatic heterocycles. The molecule has 9 heteroatoms. The Bertz CT molecular complexity index is 1640. The highest BCUT2D eigenvalue weighted by atomic mass is 32.2. The first-order valence-electron chi connectivity index (χ1n) is 11.5. The number of fused-ring (bicyclic) bond motifs is 3. The van der Waals surface area contributed by atoms with Gasteiger partial charge in [-0.3, -0.25) is 0 Å². The smallest absolute Gasteiger partial charge is 0.243 e. The molecular formula is C26H24N6O2S. The topological polar surface area (TPSA) is 83.7 Å². The fraction of sp³-hybridized carbons (Fsp3) is 0.192. The summed E-state index contributed by atoms with van der Waals surface area (Å²) in [6.07, 6.45) is 0. The van der Waals surface area contributed by atoms with E-state index in [0.29, 0.717) is 31.1 Å². The summed E-state index contributed by atoms with van der Waals surface area (Å²) in [4.78, 5) is 7.45. The molecule has 3 aromatic carbocycles. The van der Waals surface area contributed by atoms with Crippen LogP contribution in [0.4, 0.5) is 5.95 Å². The van der Waals surface area contributed by atoms with E-state index < -0.39 is 10.0 Å². The highest BCUT2D eigenvalue weighted by molar-refractivity contribution is 7.89. The lowest BCUT2D eigenvalue weighted by Crippen LogP contribution is -2.49. The van der Waals surface area contributed by atoms with Gasteiger partial charge in [-0.25, -0.2) is 17.8 Å². The predicted octanol–water partition coefficient (Wildman–Crippen LogP) is 3.76. The average molecular weight is 485 g/mol. The lowest BCUT2D eigenvalue weighted by molar-refractivity contribution is 0.382. The minimum absolute atomic E-state index is 0.320. The van der Waals surface area contributed by atoms with Gasteiger partial charge in [0, 0.05) is 37.1 Å². The van der Waals surface area contributed by atoms with Crippen molar-refractivity contribution in [1.82, 2.24) is 23.9 Å². The first kappa shape index (κ1) is 21.7. The third-order valence-corrected chi connectivity index (χ3v) is 8.43. The van der Waals surface area contributed by atoms with Crippen molar-refractivity contribution in [1.29, 1.82) is 0 Å². The van der Waals surface area contributed by atoms with Crippen molar-refractivity contribution >= 4 is 32.5 Å². The van der Waals surface area contributed by atoms with Crippen LogP contribution in [-0.4, -0.2) is 58.5 Å². The van der Waals surface area contributed by atoms with Crippen molar-refractivity contribution < 1.29 is 8.42 Å². The van der Waals surface area contributed by atoms with E-state index in [0.717, 1.165) is 39.4 Å². The summed E-state index contributed by atoms with van der Waals surface area (Å²) in [5, 5.41) is 10.0. The van der Waals surface area contributed by atoms with Gasteiger partial charge in [-0.2, -0.15) is 4.31 Å². The summed E-state index contributed by atoms with van der Waals surface area (Å²) in [7, 11) is -3.54. The summed E-state index contributed by atoms with van der Waals surface area (Å²) in [5.41, 5.74) is 3.66. The standard InChI is InChI=1S/C26H24N6O2S/c1-19-9-5-6-12-21(19)24-28-29-25-22-13-7-8-14-23(22)27-26(32(24)25)30-15-17-31(18-16-30)35(33,34)20-10-3-2-4-11-20/h2-14H,15-18H2,1H3. The Morgan fingerprint density at radius 2 is 1.46 bits per heavy atom. The molecule has 0 unspecified atom stereocenters. The van der Waals surface area contributed by atoms with Crippen molar-refractivity contribution in [2.75, 3.05) is 31.1 Å². The van der Waals surface area contributed by atoms with Gasteiger partial charge in [0.25, 0.3) is 0 Å². The van der Waals surface area contributed by atoms with Gasteiger partial charge in [0.05, 0.1) is 10.4 Å². The van der Waals surface area contributed by atoms with Crippen LogP contribution in [0.5, 0.6) is 0 Å². The first-order valence-corrected chi connectivity index (χ1v) is 13.0. The molecule has 1 aliphatic heterocycles. The minimum atomic E-state index is -3.54. The molecule has 0 N–H and O–H groups in total. The van der Waals surface area contributed by atoms with Gasteiger partial charge in [-0.15, -0.1) is 10.2 Å². The van der Waals surface area contributed by atoms with Gasteiger partial charge < -0.3 is 4.90 Å². The van der Waals surface area contributed by atoms with Crippen molar-refractivity contribution in [2.45, 2.75) is 11.8 Å². The van der Waals surface area contributed by atoms with E-state index in [9.17, 15) is 8.42 Å². The Labute approximate surface area is 203 Å². The number of hydrogen-bond acceptors (Lipinski definition) is 6. The number of para-hydroxylation sites is 1. The molecule has 0 radical (unpaired) electrons. The highest BCUT2D eigenvalue weighted by Crippen LogP contribution is 2.30. The SMILES string of the molecule is Cc1ccccc1-c1nnc2c3ccccc3nc(N3CCN(S(=O)(=O)c4ccccc4)CC3)n12. The molecule has 1 fully saturated rings. The van der Waals surface area contributed by atoms with Crippen LogP contribution in [0.2, 0.25) is 0 Å². The van der Waals surface area contributed by atoms with E-state index in [1.807, 2.05) is 52.9 Å². The third kappa shape index (κ3) is 3.64. The van der Waals surface area contributed by atoms with Gasteiger partial charge >= 0.3 is 0 Å². The van der Waals surface area contributed by atoms with Gasteiger partial charge in [-0.05, 0) is 36.8 Å². The molecular weight excluding hydrogens is 460 g/mol. The van der Waals surface area contributed by atoms with E-state index in [1.165, 1.54) is 0 Å². The number of piperazine rings is 1. The Morgan fingerprint density at radius 3 is 2.23 bits per heavy atom. The zero-order valence-electron chi connectivity index (χ0n) is 19.2. The van der Waals surface area contributed by atoms with E-state index in [-0.39, 0.29) is 0 Å². The number of sulfonamides is 1. The van der Waals surface area contributed by atoms with E-state index in [2.05, 4.69) is 28.1 Å². The summed E-state index contributed by atoms with van der Waals surface area (Å²) < 4.78 is 29.8. The predicted molar refractivity (Wildman–Crippen MR) is 136 cm³/mol. The fourth-order valence-corrected chi connectivity index (χ4v) is 6.09. The van der Waals surface area contributed by atoms with E-state index in [1.54, 1.807) is 28.6 Å².